The lowest BCUT2D eigenvalue weighted by molar-refractivity contribution is -0.119. The highest BCUT2D eigenvalue weighted by Crippen LogP contribution is 2.11. The smallest absolute Gasteiger partial charge is 0.341 e. The van der Waals surface area contributed by atoms with Crippen LogP contribution in [0.2, 0.25) is 0 Å². The number of aromatic hydroxyl groups is 1. The van der Waals surface area contributed by atoms with Crippen molar-refractivity contribution in [3.05, 3.63) is 34.7 Å². The molecule has 8 nitrogen and oxygen atoms in total. The van der Waals surface area contributed by atoms with E-state index in [9.17, 15) is 19.6 Å². The van der Waals surface area contributed by atoms with E-state index in [-0.39, 0.29) is 24.6 Å². The number of nitroso groups, excluding NO2 is 1. The van der Waals surface area contributed by atoms with Gasteiger partial charge in [-0.1, -0.05) is 12.1 Å². The Morgan fingerprint density at radius 2 is 2.00 bits per heavy atom. The number of halogens is 1. The normalized spacial score (nSPS) is 11.5. The first kappa shape index (κ1) is 16.7. The second-order valence-corrected chi connectivity index (χ2v) is 4.55. The molecule has 0 aromatic heterocycles. The van der Waals surface area contributed by atoms with Crippen molar-refractivity contribution in [3.63, 3.8) is 0 Å². The van der Waals surface area contributed by atoms with E-state index in [4.69, 9.17) is 17.3 Å². The first-order valence-electron chi connectivity index (χ1n) is 6.02. The van der Waals surface area contributed by atoms with Gasteiger partial charge in [0.15, 0.2) is 0 Å². The zero-order valence-electron chi connectivity index (χ0n) is 11.0. The summed E-state index contributed by atoms with van der Waals surface area (Å²) in [6.07, 6.45) is 0.120. The topological polar surface area (TPSA) is 125 Å². The molecule has 21 heavy (non-hydrogen) atoms. The molecule has 0 aliphatic heterocycles. The third-order valence-electron chi connectivity index (χ3n) is 2.65. The second kappa shape index (κ2) is 8.05. The van der Waals surface area contributed by atoms with Crippen LogP contribution in [0.1, 0.15) is 5.56 Å². The summed E-state index contributed by atoms with van der Waals surface area (Å²) in [7, 11) is 0. The molecule has 0 aliphatic carbocycles. The zero-order valence-corrected chi connectivity index (χ0v) is 11.8. The minimum atomic E-state index is -1.01. The predicted octanol–water partition coefficient (Wildman–Crippen LogP) is 0.720. The summed E-state index contributed by atoms with van der Waals surface area (Å²) in [5.41, 5.74) is 5.90. The van der Waals surface area contributed by atoms with Crippen molar-refractivity contribution in [1.82, 2.24) is 10.3 Å². The molecule has 9 heteroatoms. The highest BCUT2D eigenvalue weighted by Gasteiger charge is 2.22. The van der Waals surface area contributed by atoms with Gasteiger partial charge in [0.2, 0.25) is 5.91 Å². The number of urea groups is 1. The van der Waals surface area contributed by atoms with Gasteiger partial charge in [0, 0.05) is 12.3 Å². The average molecular weight is 315 g/mol. The van der Waals surface area contributed by atoms with Gasteiger partial charge in [0.1, 0.15) is 11.8 Å². The number of amides is 3. The van der Waals surface area contributed by atoms with Crippen molar-refractivity contribution in [1.29, 1.82) is 0 Å². The molecule has 0 fully saturated rings. The number of primary amides is 1. The Hall–Kier alpha value is -2.35. The van der Waals surface area contributed by atoms with Crippen molar-refractivity contribution in [2.75, 3.05) is 12.4 Å². The van der Waals surface area contributed by atoms with Crippen LogP contribution in [0.15, 0.2) is 29.6 Å². The van der Waals surface area contributed by atoms with Gasteiger partial charge >= 0.3 is 6.03 Å². The number of hydrogen-bond acceptors (Lipinski definition) is 5. The van der Waals surface area contributed by atoms with Crippen molar-refractivity contribution >= 4 is 23.5 Å². The first-order valence-corrected chi connectivity index (χ1v) is 6.56. The summed E-state index contributed by atoms with van der Waals surface area (Å²) >= 11 is 5.43. The summed E-state index contributed by atoms with van der Waals surface area (Å²) in [5.74, 6) is -0.650. The van der Waals surface area contributed by atoms with Gasteiger partial charge in [-0.3, -0.25) is 4.79 Å². The van der Waals surface area contributed by atoms with Gasteiger partial charge < -0.3 is 16.2 Å². The van der Waals surface area contributed by atoms with Crippen LogP contribution >= 0.6 is 11.6 Å². The molecule has 0 radical (unpaired) electrons. The largest absolute Gasteiger partial charge is 0.508 e. The van der Waals surface area contributed by atoms with Crippen LogP contribution in [0, 0.1) is 4.91 Å². The Morgan fingerprint density at radius 3 is 2.48 bits per heavy atom. The van der Waals surface area contributed by atoms with E-state index in [1.807, 2.05) is 0 Å². The number of nitrogens with zero attached hydrogens (tertiary/aromatic N) is 2. The molecular weight excluding hydrogens is 300 g/mol. The summed E-state index contributed by atoms with van der Waals surface area (Å²) in [6, 6.07) is 4.21. The third-order valence-corrected chi connectivity index (χ3v) is 2.82. The Bertz CT molecular complexity index is 508. The quantitative estimate of drug-likeness (QED) is 0.389. The number of carbonyl (C=O) groups is 2. The molecule has 0 bridgehead atoms. The Balaban J connectivity index is 2.73. The van der Waals surface area contributed by atoms with E-state index in [1.54, 1.807) is 12.1 Å². The molecular formula is C12H15ClN4O4. The molecule has 1 aromatic rings. The maximum absolute atomic E-state index is 11.7. The van der Waals surface area contributed by atoms with E-state index in [1.165, 1.54) is 12.1 Å². The third kappa shape index (κ3) is 5.27. The molecule has 0 unspecified atom stereocenters. The van der Waals surface area contributed by atoms with Crippen LogP contribution in [0.3, 0.4) is 0 Å². The fourth-order valence-corrected chi connectivity index (χ4v) is 1.73. The van der Waals surface area contributed by atoms with E-state index in [2.05, 4.69) is 10.6 Å². The van der Waals surface area contributed by atoms with Crippen LogP contribution in [-0.4, -0.2) is 40.5 Å². The van der Waals surface area contributed by atoms with Crippen molar-refractivity contribution in [3.8, 4) is 5.75 Å². The van der Waals surface area contributed by atoms with E-state index in [0.29, 0.717) is 10.6 Å². The molecule has 114 valence electrons. The van der Waals surface area contributed by atoms with E-state index in [0.717, 1.165) is 0 Å². The van der Waals surface area contributed by atoms with Gasteiger partial charge in [-0.15, -0.1) is 16.5 Å². The maximum atomic E-state index is 11.7. The van der Waals surface area contributed by atoms with Gasteiger partial charge in [0.25, 0.3) is 0 Å². The minimum absolute atomic E-state index is 0.0262. The van der Waals surface area contributed by atoms with Crippen molar-refractivity contribution < 1.29 is 14.7 Å². The van der Waals surface area contributed by atoms with Gasteiger partial charge in [-0.2, -0.15) is 5.01 Å². The standard InChI is InChI=1S/C12H15ClN4O4/c13-5-6-17(16-21)12(20)15-10(11(14)19)7-8-1-3-9(18)4-2-8/h1-4,10,18H,5-7H2,(H2,14,19)(H,15,20)/t10-/m0/s1. The molecule has 0 saturated heterocycles. The summed E-state index contributed by atoms with van der Waals surface area (Å²) in [4.78, 5) is 33.6. The fraction of sp³-hybridized carbons (Fsp3) is 0.333. The Morgan fingerprint density at radius 1 is 1.38 bits per heavy atom. The highest BCUT2D eigenvalue weighted by molar-refractivity contribution is 6.18. The lowest BCUT2D eigenvalue weighted by Crippen LogP contribution is -2.50. The van der Waals surface area contributed by atoms with Crippen molar-refractivity contribution in [2.24, 2.45) is 11.0 Å². The number of phenols is 1. The van der Waals surface area contributed by atoms with Gasteiger partial charge in [-0.25, -0.2) is 4.79 Å². The van der Waals surface area contributed by atoms with Gasteiger partial charge in [-0.05, 0) is 17.7 Å². The van der Waals surface area contributed by atoms with Crippen LogP contribution in [0.25, 0.3) is 0 Å². The van der Waals surface area contributed by atoms with Crippen LogP contribution < -0.4 is 11.1 Å². The zero-order chi connectivity index (χ0) is 15.8. The molecule has 0 saturated carbocycles. The lowest BCUT2D eigenvalue weighted by Gasteiger charge is -2.19. The number of benzene rings is 1. The maximum Gasteiger partial charge on any atom is 0.341 e. The Kier molecular flexibility index (Phi) is 6.41. The number of phenolic OH excluding ortho intramolecular Hbond substituents is 1. The molecule has 1 rings (SSSR count). The molecule has 1 aromatic carbocycles. The van der Waals surface area contributed by atoms with Crippen LogP contribution in [-0.2, 0) is 11.2 Å². The molecule has 3 amide bonds. The van der Waals surface area contributed by atoms with Crippen LogP contribution in [0.5, 0.6) is 5.75 Å². The molecule has 0 aliphatic rings. The number of alkyl halides is 1. The average Bonchev–Trinajstić information content (AvgIpc) is 2.45. The van der Waals surface area contributed by atoms with Crippen LogP contribution in [0.4, 0.5) is 4.79 Å². The summed E-state index contributed by atoms with van der Waals surface area (Å²) in [5, 5.41) is 14.6. The highest BCUT2D eigenvalue weighted by atomic mass is 35.5. The SMILES string of the molecule is NC(=O)[C@H](Cc1ccc(O)cc1)NC(=O)N(CCCl)N=O. The van der Waals surface area contributed by atoms with E-state index < -0.39 is 18.0 Å². The van der Waals surface area contributed by atoms with Gasteiger partial charge in [0.05, 0.1) is 11.8 Å². The number of nitrogens with one attached hydrogen (secondary N) is 1. The Labute approximate surface area is 125 Å². The number of nitrogens with two attached hydrogens (primary N) is 1. The minimum Gasteiger partial charge on any atom is -0.508 e. The second-order valence-electron chi connectivity index (χ2n) is 4.17. The molecule has 4 N–H and O–H groups in total. The first-order chi connectivity index (χ1) is 9.97. The number of hydrogen-bond donors (Lipinski definition) is 3. The predicted molar refractivity (Wildman–Crippen MR) is 76.5 cm³/mol. The molecule has 0 spiro atoms. The summed E-state index contributed by atoms with van der Waals surface area (Å²) < 4.78 is 0. The number of rotatable bonds is 7. The molecule has 0 heterocycles. The monoisotopic (exact) mass is 314 g/mol. The van der Waals surface area contributed by atoms with Crippen molar-refractivity contribution in [2.45, 2.75) is 12.5 Å². The molecule has 1 atom stereocenters. The fourth-order valence-electron chi connectivity index (χ4n) is 1.57. The van der Waals surface area contributed by atoms with E-state index >= 15 is 0 Å². The number of carbonyl (C=O) groups excluding carboxylic acids is 2. The lowest BCUT2D eigenvalue weighted by atomic mass is 10.1. The summed E-state index contributed by atoms with van der Waals surface area (Å²) in [6.45, 7) is -0.0818.